The summed E-state index contributed by atoms with van der Waals surface area (Å²) in [6, 6.07) is 9.22. The molecule has 0 unspecified atom stereocenters. The van der Waals surface area contributed by atoms with E-state index >= 15 is 0 Å². The van der Waals surface area contributed by atoms with Crippen LogP contribution in [0.1, 0.15) is 21.5 Å². The van der Waals surface area contributed by atoms with Gasteiger partial charge in [0.2, 0.25) is 0 Å². The maximum atomic E-state index is 11.1. The van der Waals surface area contributed by atoms with Gasteiger partial charge in [0, 0.05) is 13.1 Å². The number of rotatable bonds is 5. The molecule has 1 aromatic heterocycles. The van der Waals surface area contributed by atoms with Crippen molar-refractivity contribution >= 4 is 33.2 Å². The predicted molar refractivity (Wildman–Crippen MR) is 80.6 cm³/mol. The molecule has 1 aromatic carbocycles. The van der Waals surface area contributed by atoms with Gasteiger partial charge >= 0.3 is 5.97 Å². The highest BCUT2D eigenvalue weighted by molar-refractivity contribution is 9.11. The molecule has 0 radical (unpaired) electrons. The van der Waals surface area contributed by atoms with Crippen LogP contribution in [0.15, 0.2) is 39.5 Å². The Labute approximate surface area is 124 Å². The first-order chi connectivity index (χ1) is 9.06. The first kappa shape index (κ1) is 14.2. The van der Waals surface area contributed by atoms with Crippen molar-refractivity contribution in [3.63, 3.8) is 0 Å². The number of hydrogen-bond donors (Lipinski definition) is 1. The highest BCUT2D eigenvalue weighted by atomic mass is 79.9. The van der Waals surface area contributed by atoms with E-state index in [9.17, 15) is 4.79 Å². The van der Waals surface area contributed by atoms with E-state index in [4.69, 9.17) is 5.11 Å². The molecule has 0 bridgehead atoms. The summed E-state index contributed by atoms with van der Waals surface area (Å²) in [4.78, 5) is 13.2. The summed E-state index contributed by atoms with van der Waals surface area (Å²) >= 11 is 5.10. The topological polar surface area (TPSA) is 40.5 Å². The van der Waals surface area contributed by atoms with Crippen molar-refractivity contribution in [2.24, 2.45) is 0 Å². The number of carboxylic acids is 1. The molecule has 3 nitrogen and oxygen atoms in total. The maximum absolute atomic E-state index is 11.1. The fraction of sp³-hybridized carbons (Fsp3) is 0.214. The molecule has 0 fully saturated rings. The fourth-order valence-corrected chi connectivity index (χ4v) is 3.15. The second-order valence-corrected chi connectivity index (χ2v) is 6.68. The van der Waals surface area contributed by atoms with Crippen LogP contribution in [0.3, 0.4) is 0 Å². The number of aromatic carboxylic acids is 1. The molecule has 100 valence electrons. The number of hydrogen-bond acceptors (Lipinski definition) is 3. The van der Waals surface area contributed by atoms with Crippen LogP contribution in [0.25, 0.3) is 0 Å². The summed E-state index contributed by atoms with van der Waals surface area (Å²) in [6.45, 7) is 1.42. The highest BCUT2D eigenvalue weighted by Gasteiger charge is 2.11. The Hall–Kier alpha value is -1.17. The Balaban J connectivity index is 2.06. The van der Waals surface area contributed by atoms with Gasteiger partial charge in [-0.25, -0.2) is 4.79 Å². The largest absolute Gasteiger partial charge is 0.478 e. The third kappa shape index (κ3) is 3.89. The van der Waals surface area contributed by atoms with Crippen molar-refractivity contribution in [3.05, 3.63) is 56.2 Å². The summed E-state index contributed by atoms with van der Waals surface area (Å²) in [5.41, 5.74) is 2.44. The van der Waals surface area contributed by atoms with E-state index < -0.39 is 5.97 Å². The van der Waals surface area contributed by atoms with E-state index in [-0.39, 0.29) is 0 Å². The molecule has 0 aliphatic heterocycles. The zero-order chi connectivity index (χ0) is 13.8. The van der Waals surface area contributed by atoms with Gasteiger partial charge in [0.05, 0.1) is 9.35 Å². The predicted octanol–water partition coefficient (Wildman–Crippen LogP) is 3.84. The van der Waals surface area contributed by atoms with Gasteiger partial charge in [-0.3, -0.25) is 4.90 Å². The normalized spacial score (nSPS) is 10.9. The van der Waals surface area contributed by atoms with Crippen LogP contribution in [-0.4, -0.2) is 23.0 Å². The van der Waals surface area contributed by atoms with Crippen LogP contribution >= 0.6 is 27.3 Å². The van der Waals surface area contributed by atoms with Crippen LogP contribution < -0.4 is 0 Å². The van der Waals surface area contributed by atoms with Gasteiger partial charge in [0.1, 0.15) is 0 Å². The van der Waals surface area contributed by atoms with Crippen LogP contribution in [0, 0.1) is 0 Å². The Bertz CT molecular complexity index is 582. The first-order valence-electron chi connectivity index (χ1n) is 5.79. The number of benzene rings is 1. The lowest BCUT2D eigenvalue weighted by atomic mass is 10.1. The van der Waals surface area contributed by atoms with Gasteiger partial charge in [-0.05, 0) is 51.6 Å². The van der Waals surface area contributed by atoms with E-state index in [2.05, 4.69) is 32.3 Å². The molecule has 1 heterocycles. The number of halogens is 1. The van der Waals surface area contributed by atoms with E-state index in [0.29, 0.717) is 12.1 Å². The molecule has 0 atom stereocenters. The number of nitrogens with zero attached hydrogens (tertiary/aromatic N) is 1. The van der Waals surface area contributed by atoms with Gasteiger partial charge in [0.15, 0.2) is 0 Å². The smallest absolute Gasteiger partial charge is 0.336 e. The lowest BCUT2D eigenvalue weighted by Crippen LogP contribution is -2.18. The molecule has 5 heteroatoms. The third-order valence-electron chi connectivity index (χ3n) is 2.76. The first-order valence-corrected chi connectivity index (χ1v) is 7.46. The number of carboxylic acid groups (broad SMARTS) is 1. The molecule has 2 aromatic rings. The SMILES string of the molecule is CN(Cc1csc(Br)c1)Cc1ccccc1C(=O)O. The van der Waals surface area contributed by atoms with Gasteiger partial charge in [-0.2, -0.15) is 0 Å². The van der Waals surface area contributed by atoms with Crippen molar-refractivity contribution in [2.45, 2.75) is 13.1 Å². The van der Waals surface area contributed by atoms with Crippen LogP contribution in [0.4, 0.5) is 0 Å². The van der Waals surface area contributed by atoms with Gasteiger partial charge in [-0.15, -0.1) is 11.3 Å². The molecule has 1 N–H and O–H groups in total. The van der Waals surface area contributed by atoms with Gasteiger partial charge < -0.3 is 5.11 Å². The molecule has 0 saturated carbocycles. The average Bonchev–Trinajstić information content (AvgIpc) is 2.75. The Morgan fingerprint density at radius 3 is 2.74 bits per heavy atom. The van der Waals surface area contributed by atoms with E-state index in [1.165, 1.54) is 5.56 Å². The molecule has 0 aliphatic carbocycles. The molecule has 0 spiro atoms. The van der Waals surface area contributed by atoms with Gasteiger partial charge in [0.25, 0.3) is 0 Å². The minimum absolute atomic E-state index is 0.376. The second-order valence-electron chi connectivity index (χ2n) is 4.39. The quantitative estimate of drug-likeness (QED) is 0.899. The zero-order valence-corrected chi connectivity index (χ0v) is 12.9. The summed E-state index contributed by atoms with van der Waals surface area (Å²) in [6.07, 6.45) is 0. The Kier molecular flexibility index (Phi) is 4.74. The lowest BCUT2D eigenvalue weighted by Gasteiger charge is -2.17. The summed E-state index contributed by atoms with van der Waals surface area (Å²) in [5, 5.41) is 11.2. The minimum atomic E-state index is -0.873. The van der Waals surface area contributed by atoms with Gasteiger partial charge in [-0.1, -0.05) is 18.2 Å². The van der Waals surface area contributed by atoms with Crippen LogP contribution in [0.2, 0.25) is 0 Å². The monoisotopic (exact) mass is 339 g/mol. The number of carbonyl (C=O) groups is 1. The summed E-state index contributed by atoms with van der Waals surface area (Å²) < 4.78 is 1.11. The standard InChI is InChI=1S/C14H14BrNO2S/c1-16(7-10-6-13(15)19-9-10)8-11-4-2-3-5-12(11)14(17)18/h2-6,9H,7-8H2,1H3,(H,17,18). The fourth-order valence-electron chi connectivity index (χ4n) is 1.95. The van der Waals surface area contributed by atoms with Crippen LogP contribution in [0.5, 0.6) is 0 Å². The van der Waals surface area contributed by atoms with Crippen LogP contribution in [-0.2, 0) is 13.1 Å². The van der Waals surface area contributed by atoms with E-state index in [1.807, 2.05) is 19.2 Å². The third-order valence-corrected chi connectivity index (χ3v) is 4.32. The van der Waals surface area contributed by atoms with Crippen molar-refractivity contribution in [3.8, 4) is 0 Å². The highest BCUT2D eigenvalue weighted by Crippen LogP contribution is 2.22. The number of thiophene rings is 1. The molecule has 0 aliphatic rings. The molecule has 0 saturated heterocycles. The summed E-state index contributed by atoms with van der Waals surface area (Å²) in [7, 11) is 1.99. The van der Waals surface area contributed by atoms with Crippen molar-refractivity contribution in [1.82, 2.24) is 4.90 Å². The van der Waals surface area contributed by atoms with Crippen molar-refractivity contribution < 1.29 is 9.90 Å². The van der Waals surface area contributed by atoms with E-state index in [0.717, 1.165) is 15.9 Å². The molecule has 2 rings (SSSR count). The Morgan fingerprint density at radius 1 is 1.37 bits per heavy atom. The average molecular weight is 340 g/mol. The van der Waals surface area contributed by atoms with Crippen molar-refractivity contribution in [2.75, 3.05) is 7.05 Å². The maximum Gasteiger partial charge on any atom is 0.336 e. The molecular formula is C14H14BrNO2S. The zero-order valence-electron chi connectivity index (χ0n) is 10.5. The molecular weight excluding hydrogens is 326 g/mol. The molecule has 19 heavy (non-hydrogen) atoms. The molecule has 0 amide bonds. The van der Waals surface area contributed by atoms with E-state index in [1.54, 1.807) is 23.5 Å². The minimum Gasteiger partial charge on any atom is -0.478 e. The second kappa shape index (κ2) is 6.32. The lowest BCUT2D eigenvalue weighted by molar-refractivity contribution is 0.0694. The summed E-state index contributed by atoms with van der Waals surface area (Å²) in [5.74, 6) is -0.873. The Morgan fingerprint density at radius 2 is 2.11 bits per heavy atom. The van der Waals surface area contributed by atoms with Crippen molar-refractivity contribution in [1.29, 1.82) is 0 Å².